The molecule has 4 rings (SSSR count). The largest absolute Gasteiger partial charge is 0.462 e. The number of furan rings is 1. The number of hydrogen-bond acceptors (Lipinski definition) is 5. The number of amides is 1. The summed E-state index contributed by atoms with van der Waals surface area (Å²) < 4.78 is 5.45. The molecule has 1 amide bonds. The van der Waals surface area contributed by atoms with Crippen molar-refractivity contribution in [1.82, 2.24) is 9.88 Å². The highest BCUT2D eigenvalue weighted by molar-refractivity contribution is 6.03. The second-order valence-corrected chi connectivity index (χ2v) is 7.72. The molecule has 1 N–H and O–H groups in total. The molecule has 0 saturated carbocycles. The van der Waals surface area contributed by atoms with Gasteiger partial charge in [-0.25, -0.2) is 4.98 Å². The fourth-order valence-corrected chi connectivity index (χ4v) is 3.79. The molecule has 3 heterocycles. The van der Waals surface area contributed by atoms with Gasteiger partial charge in [0.2, 0.25) is 5.91 Å². The molecular weight excluding hydrogens is 376 g/mol. The van der Waals surface area contributed by atoms with Gasteiger partial charge in [-0.15, -0.1) is 0 Å². The van der Waals surface area contributed by atoms with Crippen LogP contribution in [0.3, 0.4) is 0 Å². The second-order valence-electron chi connectivity index (χ2n) is 7.72. The van der Waals surface area contributed by atoms with Crippen molar-refractivity contribution in [3.8, 4) is 0 Å². The van der Waals surface area contributed by atoms with Gasteiger partial charge in [0, 0.05) is 43.3 Å². The number of pyridine rings is 1. The summed E-state index contributed by atoms with van der Waals surface area (Å²) in [7, 11) is 0. The summed E-state index contributed by atoms with van der Waals surface area (Å²) in [5, 5.41) is 3.97. The van der Waals surface area contributed by atoms with Crippen molar-refractivity contribution in [3.05, 3.63) is 59.6 Å². The summed E-state index contributed by atoms with van der Waals surface area (Å²) in [6.07, 6.45) is 3.15. The van der Waals surface area contributed by atoms with Crippen LogP contribution < -0.4 is 10.2 Å². The van der Waals surface area contributed by atoms with Crippen molar-refractivity contribution in [2.75, 3.05) is 42.9 Å². The molecular formula is C24H28N4O2. The lowest BCUT2D eigenvalue weighted by Crippen LogP contribution is -2.46. The van der Waals surface area contributed by atoms with Crippen LogP contribution in [-0.2, 0) is 4.79 Å². The quantitative estimate of drug-likeness (QED) is 0.645. The number of rotatable bonds is 5. The van der Waals surface area contributed by atoms with E-state index in [0.29, 0.717) is 5.76 Å². The van der Waals surface area contributed by atoms with E-state index in [1.807, 2.05) is 37.3 Å². The van der Waals surface area contributed by atoms with Crippen molar-refractivity contribution >= 4 is 34.4 Å². The predicted octanol–water partition coefficient (Wildman–Crippen LogP) is 4.24. The zero-order valence-electron chi connectivity index (χ0n) is 17.8. The number of anilines is 2. The number of aryl methyl sites for hydroxylation is 2. The minimum Gasteiger partial charge on any atom is -0.462 e. The van der Waals surface area contributed by atoms with Gasteiger partial charge in [0.05, 0.1) is 5.52 Å². The third-order valence-electron chi connectivity index (χ3n) is 5.57. The Kier molecular flexibility index (Phi) is 5.86. The summed E-state index contributed by atoms with van der Waals surface area (Å²) >= 11 is 0. The van der Waals surface area contributed by atoms with E-state index in [2.05, 4.69) is 35.0 Å². The van der Waals surface area contributed by atoms with Crippen molar-refractivity contribution in [1.29, 1.82) is 0 Å². The Morgan fingerprint density at radius 2 is 1.93 bits per heavy atom. The van der Waals surface area contributed by atoms with Crippen molar-refractivity contribution in [2.24, 2.45) is 0 Å². The number of piperazine rings is 1. The van der Waals surface area contributed by atoms with Crippen LogP contribution in [0.15, 0.2) is 46.9 Å². The molecule has 0 atom stereocenters. The number of fused-ring (bicyclic) bond motifs is 1. The number of carbonyl (C=O) groups excluding carboxylic acids is 1. The van der Waals surface area contributed by atoms with Gasteiger partial charge in [-0.05, 0) is 68.4 Å². The number of benzene rings is 1. The fourth-order valence-electron chi connectivity index (χ4n) is 3.79. The molecule has 6 heteroatoms. The minimum atomic E-state index is -0.195. The van der Waals surface area contributed by atoms with Crippen LogP contribution in [0.2, 0.25) is 0 Å². The molecule has 30 heavy (non-hydrogen) atoms. The first-order valence-corrected chi connectivity index (χ1v) is 10.5. The first kappa shape index (κ1) is 20.2. The van der Waals surface area contributed by atoms with Gasteiger partial charge >= 0.3 is 0 Å². The zero-order valence-corrected chi connectivity index (χ0v) is 17.8. The van der Waals surface area contributed by atoms with E-state index in [0.717, 1.165) is 66.5 Å². The number of carbonyl (C=O) groups is 1. The van der Waals surface area contributed by atoms with E-state index < -0.39 is 0 Å². The summed E-state index contributed by atoms with van der Waals surface area (Å²) in [6.45, 7) is 11.4. The maximum Gasteiger partial charge on any atom is 0.248 e. The normalized spacial score (nSPS) is 15.2. The number of nitrogens with zero attached hydrogens (tertiary/aromatic N) is 3. The van der Waals surface area contributed by atoms with Gasteiger partial charge in [0.1, 0.15) is 17.3 Å². The molecule has 0 aliphatic carbocycles. The van der Waals surface area contributed by atoms with Crippen LogP contribution in [0.1, 0.15) is 24.0 Å². The lowest BCUT2D eigenvalue weighted by Gasteiger charge is -2.35. The standard InChI is InChI=1S/C24H28N4O2/c1-4-27-11-13-28(14-12-27)23-15-17(2)21-16-19(6-9-22(21)26-23)25-24(29)10-8-20-7-5-18(3)30-20/h5-10,15-16H,4,11-14H2,1-3H3,(H,25,29)/b10-8+. The Morgan fingerprint density at radius 3 is 2.63 bits per heavy atom. The molecule has 1 aliphatic heterocycles. The fraction of sp³-hybridized carbons (Fsp3) is 0.333. The summed E-state index contributed by atoms with van der Waals surface area (Å²) in [4.78, 5) is 22.0. The van der Waals surface area contributed by atoms with E-state index in [9.17, 15) is 4.79 Å². The minimum absolute atomic E-state index is 0.195. The molecule has 0 bridgehead atoms. The van der Waals surface area contributed by atoms with Gasteiger partial charge in [0.25, 0.3) is 0 Å². The highest BCUT2D eigenvalue weighted by Gasteiger charge is 2.17. The van der Waals surface area contributed by atoms with Gasteiger partial charge in [-0.2, -0.15) is 0 Å². The van der Waals surface area contributed by atoms with Crippen molar-refractivity contribution < 1.29 is 9.21 Å². The number of aromatic nitrogens is 1. The average molecular weight is 405 g/mol. The predicted molar refractivity (Wildman–Crippen MR) is 122 cm³/mol. The highest BCUT2D eigenvalue weighted by atomic mass is 16.3. The number of hydrogen-bond donors (Lipinski definition) is 1. The van der Waals surface area contributed by atoms with Crippen LogP contribution in [0.4, 0.5) is 11.5 Å². The maximum atomic E-state index is 12.3. The zero-order chi connectivity index (χ0) is 21.1. The SMILES string of the molecule is CCN1CCN(c2cc(C)c3cc(NC(=O)/C=C/c4ccc(C)o4)ccc3n2)CC1. The van der Waals surface area contributed by atoms with Gasteiger partial charge in [-0.3, -0.25) is 4.79 Å². The van der Waals surface area contributed by atoms with Gasteiger partial charge < -0.3 is 19.5 Å². The first-order chi connectivity index (χ1) is 14.5. The van der Waals surface area contributed by atoms with E-state index in [1.165, 1.54) is 6.08 Å². The molecule has 1 aliphatic rings. The van der Waals surface area contributed by atoms with Gasteiger partial charge in [-0.1, -0.05) is 6.92 Å². The molecule has 6 nitrogen and oxygen atoms in total. The Morgan fingerprint density at radius 1 is 1.13 bits per heavy atom. The van der Waals surface area contributed by atoms with E-state index in [4.69, 9.17) is 9.40 Å². The monoisotopic (exact) mass is 404 g/mol. The van der Waals surface area contributed by atoms with Crippen molar-refractivity contribution in [2.45, 2.75) is 20.8 Å². The molecule has 156 valence electrons. The van der Waals surface area contributed by atoms with Crippen molar-refractivity contribution in [3.63, 3.8) is 0 Å². The summed E-state index contributed by atoms with van der Waals surface area (Å²) in [5.74, 6) is 2.32. The van der Waals surface area contributed by atoms with Crippen LogP contribution in [0, 0.1) is 13.8 Å². The molecule has 0 radical (unpaired) electrons. The third kappa shape index (κ3) is 4.54. The summed E-state index contributed by atoms with van der Waals surface area (Å²) in [5.41, 5.74) is 2.86. The molecule has 2 aromatic heterocycles. The molecule has 3 aromatic rings. The van der Waals surface area contributed by atoms with Crippen LogP contribution in [0.5, 0.6) is 0 Å². The molecule has 1 saturated heterocycles. The smallest absolute Gasteiger partial charge is 0.248 e. The van der Waals surface area contributed by atoms with Crippen LogP contribution in [0.25, 0.3) is 17.0 Å². The van der Waals surface area contributed by atoms with E-state index in [1.54, 1.807) is 6.08 Å². The number of likely N-dealkylation sites (N-methyl/N-ethyl adjacent to an activating group) is 1. The third-order valence-corrected chi connectivity index (χ3v) is 5.57. The molecule has 0 spiro atoms. The number of nitrogens with one attached hydrogen (secondary N) is 1. The average Bonchev–Trinajstić information content (AvgIpc) is 3.18. The Balaban J connectivity index is 1.48. The van der Waals surface area contributed by atoms with Gasteiger partial charge in [0.15, 0.2) is 0 Å². The van der Waals surface area contributed by atoms with E-state index in [-0.39, 0.29) is 5.91 Å². The lowest BCUT2D eigenvalue weighted by molar-refractivity contribution is -0.111. The second kappa shape index (κ2) is 8.71. The maximum absolute atomic E-state index is 12.3. The molecule has 1 aromatic carbocycles. The lowest BCUT2D eigenvalue weighted by atomic mass is 10.1. The Hall–Kier alpha value is -3.12. The Bertz CT molecular complexity index is 1080. The molecule has 0 unspecified atom stereocenters. The van der Waals surface area contributed by atoms with Crippen LogP contribution >= 0.6 is 0 Å². The Labute approximate surface area is 177 Å². The van der Waals surface area contributed by atoms with E-state index >= 15 is 0 Å². The first-order valence-electron chi connectivity index (χ1n) is 10.5. The highest BCUT2D eigenvalue weighted by Crippen LogP contribution is 2.26. The summed E-state index contributed by atoms with van der Waals surface area (Å²) in [6, 6.07) is 11.7. The van der Waals surface area contributed by atoms with Crippen LogP contribution in [-0.4, -0.2) is 48.5 Å². The topological polar surface area (TPSA) is 61.6 Å². The molecule has 1 fully saturated rings.